The second-order valence-corrected chi connectivity index (χ2v) is 15.2. The lowest BCUT2D eigenvalue weighted by molar-refractivity contribution is -0.136. The highest BCUT2D eigenvalue weighted by Crippen LogP contribution is 2.41. The third-order valence-corrected chi connectivity index (χ3v) is 11.3. The molecule has 0 bridgehead atoms. The molecule has 0 radical (unpaired) electrons. The number of aryl methyl sites for hydroxylation is 1. The standard InChI is InChI=1S/C39H44FN5O5S/c1-5-6-18-34-41-39(21-12-13-22-39)38(47)45(34)24-28-19-20-31(30(23-28)25-44(4)37(46)35(40)29-14-8-7-9-15-29)32-16-10-11-17-33(32)51(48,49)43-36-26(2)27(3)42-50-36/h7-11,14-17,19-20,23,35,43H,5-6,12-13,18,21-22,24-25H2,1-4H3. The van der Waals surface area contributed by atoms with Crippen molar-refractivity contribution in [1.82, 2.24) is 15.0 Å². The van der Waals surface area contributed by atoms with Crippen LogP contribution in [0, 0.1) is 13.8 Å². The summed E-state index contributed by atoms with van der Waals surface area (Å²) in [7, 11) is -2.65. The van der Waals surface area contributed by atoms with Crippen LogP contribution in [-0.2, 0) is 32.7 Å². The molecule has 1 N–H and O–H groups in total. The number of carbonyl (C=O) groups is 2. The highest BCUT2D eigenvalue weighted by atomic mass is 32.2. The fraction of sp³-hybridized carbons (Fsp3) is 0.385. The van der Waals surface area contributed by atoms with Crippen LogP contribution in [0.3, 0.4) is 0 Å². The van der Waals surface area contributed by atoms with E-state index in [-0.39, 0.29) is 35.3 Å². The van der Waals surface area contributed by atoms with E-state index >= 15 is 4.39 Å². The molecule has 0 saturated heterocycles. The van der Waals surface area contributed by atoms with Crippen molar-refractivity contribution in [3.05, 3.63) is 101 Å². The van der Waals surface area contributed by atoms with Gasteiger partial charge in [0.05, 0.1) is 17.1 Å². The summed E-state index contributed by atoms with van der Waals surface area (Å²) in [5.41, 5.74) is 2.99. The molecule has 4 aromatic rings. The second-order valence-electron chi connectivity index (χ2n) is 13.5. The maximum atomic E-state index is 15.5. The van der Waals surface area contributed by atoms with Gasteiger partial charge in [0.2, 0.25) is 12.1 Å². The highest BCUT2D eigenvalue weighted by molar-refractivity contribution is 7.92. The number of likely N-dealkylation sites (N-methyl/N-ethyl adjacent to an activating group) is 1. The van der Waals surface area contributed by atoms with E-state index in [1.165, 1.54) is 18.0 Å². The molecule has 2 amide bonds. The molecule has 10 nitrogen and oxygen atoms in total. The number of alkyl halides is 1. The van der Waals surface area contributed by atoms with Crippen LogP contribution in [0.25, 0.3) is 11.1 Å². The van der Waals surface area contributed by atoms with Crippen molar-refractivity contribution in [3.8, 4) is 11.1 Å². The van der Waals surface area contributed by atoms with E-state index in [1.54, 1.807) is 73.3 Å². The number of halogens is 1. The number of aliphatic imine (C=N–C) groups is 1. The molecule has 268 valence electrons. The second kappa shape index (κ2) is 14.8. The topological polar surface area (TPSA) is 125 Å². The first kappa shape index (κ1) is 36.0. The Balaban J connectivity index is 1.38. The molecular formula is C39H44FN5O5S. The van der Waals surface area contributed by atoms with E-state index < -0.39 is 27.6 Å². The van der Waals surface area contributed by atoms with E-state index in [2.05, 4.69) is 16.8 Å². The Morgan fingerprint density at radius 1 is 1.04 bits per heavy atom. The average molecular weight is 714 g/mol. The van der Waals surface area contributed by atoms with Crippen LogP contribution in [0.15, 0.2) is 87.2 Å². The van der Waals surface area contributed by atoms with Crippen LogP contribution in [0.2, 0.25) is 0 Å². The maximum Gasteiger partial charge on any atom is 0.264 e. The van der Waals surface area contributed by atoms with Crippen molar-refractivity contribution in [2.45, 2.75) is 95.4 Å². The number of nitrogens with zero attached hydrogens (tertiary/aromatic N) is 4. The number of amides is 2. The van der Waals surface area contributed by atoms with Crippen molar-refractivity contribution in [3.63, 3.8) is 0 Å². The minimum Gasteiger partial charge on any atom is -0.339 e. The summed E-state index contributed by atoms with van der Waals surface area (Å²) < 4.78 is 51.0. The van der Waals surface area contributed by atoms with Gasteiger partial charge < -0.3 is 9.42 Å². The predicted molar refractivity (Wildman–Crippen MR) is 194 cm³/mol. The zero-order valence-corrected chi connectivity index (χ0v) is 30.3. The SMILES string of the molecule is CCCCC1=NC2(CCCC2)C(=O)N1Cc1ccc(-c2ccccc2S(=O)(=O)Nc2onc(C)c2C)c(CN(C)C(=O)C(F)c2ccccc2)c1. The summed E-state index contributed by atoms with van der Waals surface area (Å²) >= 11 is 0. The van der Waals surface area contributed by atoms with Crippen molar-refractivity contribution >= 4 is 33.6 Å². The van der Waals surface area contributed by atoms with Gasteiger partial charge in [0, 0.05) is 31.1 Å². The van der Waals surface area contributed by atoms with E-state index in [4.69, 9.17) is 9.52 Å². The molecule has 2 heterocycles. The molecule has 2 aliphatic rings. The molecule has 1 unspecified atom stereocenters. The fourth-order valence-corrected chi connectivity index (χ4v) is 8.19. The Hall–Kier alpha value is -4.84. The molecule has 1 atom stereocenters. The number of hydrogen-bond donors (Lipinski definition) is 1. The Kier molecular flexibility index (Phi) is 10.4. The van der Waals surface area contributed by atoms with Crippen LogP contribution >= 0.6 is 0 Å². The predicted octanol–water partition coefficient (Wildman–Crippen LogP) is 7.67. The number of amidine groups is 1. The molecule has 1 fully saturated rings. The molecule has 1 aliphatic heterocycles. The van der Waals surface area contributed by atoms with E-state index in [0.29, 0.717) is 34.4 Å². The number of hydrogen-bond acceptors (Lipinski definition) is 7. The molecule has 1 aromatic heterocycles. The molecule has 1 spiro atoms. The monoisotopic (exact) mass is 713 g/mol. The molecular weight excluding hydrogens is 670 g/mol. The number of sulfonamides is 1. The van der Waals surface area contributed by atoms with Gasteiger partial charge in [-0.1, -0.05) is 98.1 Å². The quantitative estimate of drug-likeness (QED) is 0.152. The molecule has 6 rings (SSSR count). The molecule has 1 saturated carbocycles. The van der Waals surface area contributed by atoms with E-state index in [0.717, 1.165) is 49.9 Å². The van der Waals surface area contributed by atoms with E-state index in [9.17, 15) is 18.0 Å². The van der Waals surface area contributed by atoms with Gasteiger partial charge in [-0.15, -0.1) is 0 Å². The van der Waals surface area contributed by atoms with Gasteiger partial charge in [0.25, 0.3) is 21.8 Å². The lowest BCUT2D eigenvalue weighted by Crippen LogP contribution is -2.40. The number of anilines is 1. The average Bonchev–Trinajstić information content (AvgIpc) is 3.81. The maximum absolute atomic E-state index is 15.5. The third-order valence-electron chi connectivity index (χ3n) is 9.94. The van der Waals surface area contributed by atoms with Crippen molar-refractivity contribution in [1.29, 1.82) is 0 Å². The van der Waals surface area contributed by atoms with Crippen molar-refractivity contribution in [2.75, 3.05) is 11.8 Å². The third kappa shape index (κ3) is 7.33. The first-order chi connectivity index (χ1) is 24.4. The molecule has 51 heavy (non-hydrogen) atoms. The van der Waals surface area contributed by atoms with Gasteiger partial charge in [-0.25, -0.2) is 17.5 Å². The van der Waals surface area contributed by atoms with Gasteiger partial charge in [-0.05, 0) is 61.4 Å². The summed E-state index contributed by atoms with van der Waals surface area (Å²) in [5.74, 6) is 0.106. The van der Waals surface area contributed by atoms with Crippen LogP contribution in [0.4, 0.5) is 10.3 Å². The molecule has 1 aliphatic carbocycles. The van der Waals surface area contributed by atoms with Crippen molar-refractivity contribution < 1.29 is 26.9 Å². The Bertz CT molecular complexity index is 2060. The van der Waals surface area contributed by atoms with Crippen molar-refractivity contribution in [2.24, 2.45) is 4.99 Å². The minimum absolute atomic E-state index is 0.0130. The number of nitrogens with one attached hydrogen (secondary N) is 1. The summed E-state index contributed by atoms with van der Waals surface area (Å²) in [6, 6.07) is 20.3. The van der Waals surface area contributed by atoms with Crippen LogP contribution in [-0.4, -0.2) is 53.6 Å². The molecule has 3 aromatic carbocycles. The zero-order valence-electron chi connectivity index (χ0n) is 29.5. The largest absolute Gasteiger partial charge is 0.339 e. The van der Waals surface area contributed by atoms with Gasteiger partial charge in [-0.2, -0.15) is 0 Å². The van der Waals surface area contributed by atoms with Crippen LogP contribution < -0.4 is 4.72 Å². The Labute approximate surface area is 298 Å². The van der Waals surface area contributed by atoms with Gasteiger partial charge in [-0.3, -0.25) is 19.5 Å². The fourth-order valence-electron chi connectivity index (χ4n) is 6.92. The Morgan fingerprint density at radius 3 is 2.43 bits per heavy atom. The van der Waals surface area contributed by atoms with E-state index in [1.807, 2.05) is 12.1 Å². The minimum atomic E-state index is -4.17. The summed E-state index contributed by atoms with van der Waals surface area (Å²) in [4.78, 5) is 35.4. The highest BCUT2D eigenvalue weighted by Gasteiger charge is 2.49. The lowest BCUT2D eigenvalue weighted by atomic mass is 9.95. The normalized spacial score (nSPS) is 16.1. The lowest BCUT2D eigenvalue weighted by Gasteiger charge is -2.25. The first-order valence-electron chi connectivity index (χ1n) is 17.5. The summed E-state index contributed by atoms with van der Waals surface area (Å²) in [6.07, 6.45) is 4.12. The van der Waals surface area contributed by atoms with Crippen LogP contribution in [0.5, 0.6) is 0 Å². The smallest absolute Gasteiger partial charge is 0.264 e. The molecule has 12 heteroatoms. The Morgan fingerprint density at radius 2 is 1.75 bits per heavy atom. The number of benzene rings is 3. The summed E-state index contributed by atoms with van der Waals surface area (Å²) in [6.45, 7) is 5.79. The first-order valence-corrected chi connectivity index (χ1v) is 18.9. The van der Waals surface area contributed by atoms with Gasteiger partial charge in [0.1, 0.15) is 11.4 Å². The summed E-state index contributed by atoms with van der Waals surface area (Å²) in [5, 5.41) is 3.87. The number of unbranched alkanes of at least 4 members (excludes halogenated alkanes) is 1. The van der Waals surface area contributed by atoms with Gasteiger partial charge in [0.15, 0.2) is 0 Å². The number of aromatic nitrogens is 1. The van der Waals surface area contributed by atoms with Gasteiger partial charge >= 0.3 is 0 Å². The van der Waals surface area contributed by atoms with Crippen LogP contribution in [0.1, 0.15) is 86.0 Å². The number of rotatable bonds is 13. The zero-order chi connectivity index (χ0) is 36.3. The number of carbonyl (C=O) groups excluding carboxylic acids is 2.